The van der Waals surface area contributed by atoms with Gasteiger partial charge in [-0.3, -0.25) is 19.2 Å². The maximum Gasteiger partial charge on any atom is 0.419 e. The standard InChI is InChI=1S/C37H42BrF3N6O7/c1-9-20(4)43-34-44-28-18-46(31(49)23-12-15-27(38)26(17-23)37(39,40)41)21(5)16-25(28)32(50)47(34)24-13-10-22(11-14-24)30(48)45(8)35(52)54-36(6,7)53-33(51)29(42)19(2)3/h9-15,17,19-21,29H,1,16,18,42H2,2-8H3,(H,43,44)/t20-,21+,29-/m0/s1. The first-order chi connectivity index (χ1) is 25.1. The molecule has 0 spiro atoms. The first-order valence-corrected chi connectivity index (χ1v) is 17.7. The molecule has 0 saturated heterocycles. The maximum atomic E-state index is 14.1. The van der Waals surface area contributed by atoms with Crippen molar-refractivity contribution in [1.29, 1.82) is 0 Å². The van der Waals surface area contributed by atoms with E-state index in [1.807, 2.05) is 0 Å². The molecule has 1 aromatic heterocycles. The van der Waals surface area contributed by atoms with Crippen LogP contribution in [0.15, 0.2) is 64.4 Å². The quantitative estimate of drug-likeness (QED) is 0.140. The SMILES string of the molecule is C=C[C@H](C)Nc1nc2c(c(=O)n1-c1ccc(C(=O)N(C)C(=O)OC(C)(C)OC(=O)[C@@H](N)C(C)C)cc1)C[C@@H](C)N(C(=O)c1ccc(Br)c(C(F)(F)F)c1)C2. The van der Waals surface area contributed by atoms with Crippen molar-refractivity contribution in [3.63, 3.8) is 0 Å². The highest BCUT2D eigenvalue weighted by atomic mass is 79.9. The lowest BCUT2D eigenvalue weighted by atomic mass is 9.98. The molecule has 4 rings (SSSR count). The van der Waals surface area contributed by atoms with Gasteiger partial charge in [-0.1, -0.05) is 35.9 Å². The minimum atomic E-state index is -4.69. The van der Waals surface area contributed by atoms with Crippen LogP contribution in [0.2, 0.25) is 0 Å². The summed E-state index contributed by atoms with van der Waals surface area (Å²) in [5.41, 5.74) is 5.14. The highest BCUT2D eigenvalue weighted by Crippen LogP contribution is 2.36. The van der Waals surface area contributed by atoms with Gasteiger partial charge in [0.25, 0.3) is 23.2 Å². The number of nitrogens with one attached hydrogen (secondary N) is 1. The Balaban J connectivity index is 1.61. The molecule has 2 heterocycles. The molecule has 3 aromatic rings. The van der Waals surface area contributed by atoms with E-state index in [1.165, 1.54) is 66.8 Å². The number of hydrogen-bond acceptors (Lipinski definition) is 10. The van der Waals surface area contributed by atoms with E-state index in [-0.39, 0.29) is 52.2 Å². The third-order valence-corrected chi connectivity index (χ3v) is 9.42. The van der Waals surface area contributed by atoms with Crippen molar-refractivity contribution in [2.75, 3.05) is 12.4 Å². The molecule has 0 saturated carbocycles. The fraction of sp³-hybridized carbons (Fsp3) is 0.405. The van der Waals surface area contributed by atoms with Crippen molar-refractivity contribution in [2.24, 2.45) is 11.7 Å². The Morgan fingerprint density at radius 2 is 1.69 bits per heavy atom. The van der Waals surface area contributed by atoms with Gasteiger partial charge >= 0.3 is 18.2 Å². The Kier molecular flexibility index (Phi) is 12.5. The molecule has 13 nitrogen and oxygen atoms in total. The number of hydrogen-bond donors (Lipinski definition) is 2. The highest BCUT2D eigenvalue weighted by molar-refractivity contribution is 9.10. The third-order valence-electron chi connectivity index (χ3n) is 8.72. The number of benzene rings is 2. The number of alkyl halides is 3. The molecule has 0 aliphatic carbocycles. The van der Waals surface area contributed by atoms with Gasteiger partial charge in [0.15, 0.2) is 0 Å². The van der Waals surface area contributed by atoms with Crippen LogP contribution in [-0.2, 0) is 33.4 Å². The number of anilines is 1. The number of amides is 3. The molecule has 3 atom stereocenters. The Hall–Kier alpha value is -5.03. The summed E-state index contributed by atoms with van der Waals surface area (Å²) in [5.74, 6) is -4.06. The third kappa shape index (κ3) is 9.18. The first kappa shape index (κ1) is 41.7. The van der Waals surface area contributed by atoms with E-state index in [1.54, 1.807) is 33.8 Å². The lowest BCUT2D eigenvalue weighted by Gasteiger charge is -2.35. The van der Waals surface area contributed by atoms with E-state index in [9.17, 15) is 37.1 Å². The molecule has 290 valence electrons. The predicted octanol–water partition coefficient (Wildman–Crippen LogP) is 6.06. The van der Waals surface area contributed by atoms with Gasteiger partial charge in [-0.05, 0) is 68.7 Å². The number of aromatic nitrogens is 2. The van der Waals surface area contributed by atoms with Crippen molar-refractivity contribution in [1.82, 2.24) is 19.4 Å². The van der Waals surface area contributed by atoms with Crippen molar-refractivity contribution in [3.8, 4) is 5.69 Å². The normalized spacial score (nSPS) is 15.5. The molecule has 0 radical (unpaired) electrons. The molecule has 3 N–H and O–H groups in total. The van der Waals surface area contributed by atoms with Gasteiger partial charge < -0.3 is 25.4 Å². The summed E-state index contributed by atoms with van der Waals surface area (Å²) in [6.07, 6.45) is -4.14. The van der Waals surface area contributed by atoms with E-state index in [0.29, 0.717) is 16.2 Å². The molecule has 1 aliphatic rings. The molecule has 3 amide bonds. The van der Waals surface area contributed by atoms with Crippen molar-refractivity contribution in [2.45, 2.75) is 84.6 Å². The average molecular weight is 820 g/mol. The zero-order valence-corrected chi connectivity index (χ0v) is 32.4. The van der Waals surface area contributed by atoms with Crippen LogP contribution in [0.4, 0.5) is 23.9 Å². The number of imide groups is 1. The topological polar surface area (TPSA) is 166 Å². The molecule has 2 aromatic carbocycles. The van der Waals surface area contributed by atoms with E-state index < -0.39 is 59.0 Å². The fourth-order valence-corrected chi connectivity index (χ4v) is 5.95. The summed E-state index contributed by atoms with van der Waals surface area (Å²) in [6, 6.07) is 7.12. The van der Waals surface area contributed by atoms with Gasteiger partial charge in [0.1, 0.15) is 6.04 Å². The summed E-state index contributed by atoms with van der Waals surface area (Å²) in [6.45, 7) is 13.2. The van der Waals surface area contributed by atoms with Gasteiger partial charge in [0.05, 0.1) is 23.5 Å². The zero-order valence-electron chi connectivity index (χ0n) is 30.8. The van der Waals surface area contributed by atoms with Crippen molar-refractivity contribution in [3.05, 3.63) is 97.9 Å². The predicted molar refractivity (Wildman–Crippen MR) is 197 cm³/mol. The zero-order chi connectivity index (χ0) is 40.4. The van der Waals surface area contributed by atoms with Crippen LogP contribution in [-0.4, -0.2) is 74.2 Å². The second-order valence-corrected chi connectivity index (χ2v) is 14.6. The van der Waals surface area contributed by atoms with Gasteiger partial charge in [0.2, 0.25) is 5.95 Å². The minimum absolute atomic E-state index is 0.0609. The van der Waals surface area contributed by atoms with Gasteiger partial charge in [-0.25, -0.2) is 19.2 Å². The van der Waals surface area contributed by atoms with Gasteiger partial charge in [-0.15, -0.1) is 6.58 Å². The Morgan fingerprint density at radius 1 is 1.07 bits per heavy atom. The number of carbonyl (C=O) groups is 4. The minimum Gasteiger partial charge on any atom is -0.422 e. The van der Waals surface area contributed by atoms with Crippen LogP contribution >= 0.6 is 15.9 Å². The number of ether oxygens (including phenoxy) is 2. The number of nitrogens with two attached hydrogens (primary N) is 1. The van der Waals surface area contributed by atoms with E-state index in [2.05, 4.69) is 27.8 Å². The average Bonchev–Trinajstić information content (AvgIpc) is 3.09. The second-order valence-electron chi connectivity index (χ2n) is 13.7. The maximum absolute atomic E-state index is 14.1. The van der Waals surface area contributed by atoms with Crippen molar-refractivity contribution >= 4 is 45.8 Å². The van der Waals surface area contributed by atoms with Crippen LogP contribution < -0.4 is 16.6 Å². The lowest BCUT2D eigenvalue weighted by molar-refractivity contribution is -0.198. The second kappa shape index (κ2) is 16.1. The summed E-state index contributed by atoms with van der Waals surface area (Å²) < 4.78 is 52.4. The summed E-state index contributed by atoms with van der Waals surface area (Å²) in [4.78, 5) is 72.9. The van der Waals surface area contributed by atoms with Gasteiger partial charge in [-0.2, -0.15) is 13.2 Å². The van der Waals surface area contributed by atoms with Crippen LogP contribution in [0, 0.1) is 5.92 Å². The number of carbonyl (C=O) groups excluding carboxylic acids is 4. The Morgan fingerprint density at radius 3 is 2.26 bits per heavy atom. The van der Waals surface area contributed by atoms with Crippen LogP contribution in [0.25, 0.3) is 5.69 Å². The smallest absolute Gasteiger partial charge is 0.419 e. The molecule has 17 heteroatoms. The van der Waals surface area contributed by atoms with E-state index >= 15 is 0 Å². The number of esters is 1. The summed E-state index contributed by atoms with van der Waals surface area (Å²) in [7, 11) is 1.19. The Bertz CT molecular complexity index is 2020. The summed E-state index contributed by atoms with van der Waals surface area (Å²) in [5, 5.41) is 3.11. The largest absolute Gasteiger partial charge is 0.422 e. The lowest BCUT2D eigenvalue weighted by Crippen LogP contribution is -2.46. The molecule has 54 heavy (non-hydrogen) atoms. The summed E-state index contributed by atoms with van der Waals surface area (Å²) >= 11 is 2.90. The molecule has 0 unspecified atom stereocenters. The van der Waals surface area contributed by atoms with E-state index in [0.717, 1.165) is 6.07 Å². The van der Waals surface area contributed by atoms with E-state index in [4.69, 9.17) is 20.2 Å². The monoisotopic (exact) mass is 818 g/mol. The van der Waals surface area contributed by atoms with Crippen LogP contribution in [0.1, 0.15) is 79.1 Å². The highest BCUT2D eigenvalue weighted by Gasteiger charge is 2.37. The number of nitrogens with zero attached hydrogens (tertiary/aromatic N) is 4. The number of rotatable bonds is 10. The van der Waals surface area contributed by atoms with Crippen LogP contribution in [0.3, 0.4) is 0 Å². The van der Waals surface area contributed by atoms with Crippen LogP contribution in [0.5, 0.6) is 0 Å². The first-order valence-electron chi connectivity index (χ1n) is 16.9. The van der Waals surface area contributed by atoms with Gasteiger partial charge in [0, 0.05) is 54.1 Å². The molecule has 1 aliphatic heterocycles. The molecular weight excluding hydrogens is 777 g/mol. The molecule has 0 fully saturated rings. The molecule has 0 bridgehead atoms. The number of fused-ring (bicyclic) bond motifs is 1. The van der Waals surface area contributed by atoms with Crippen molar-refractivity contribution < 1.29 is 41.8 Å². The number of halogens is 4. The Labute approximate surface area is 318 Å². The molecular formula is C37H42BrF3N6O7. The fourth-order valence-electron chi connectivity index (χ4n) is 5.48.